The van der Waals surface area contributed by atoms with Gasteiger partial charge < -0.3 is 9.64 Å². The van der Waals surface area contributed by atoms with Crippen LogP contribution in [0.4, 0.5) is 5.69 Å². The molecule has 14 heavy (non-hydrogen) atoms. The van der Waals surface area contributed by atoms with Crippen LogP contribution in [0.5, 0.6) is 5.75 Å². The first-order valence-corrected chi connectivity index (χ1v) is 5.88. The lowest BCUT2D eigenvalue weighted by atomic mass is 10.3. The van der Waals surface area contributed by atoms with E-state index in [-0.39, 0.29) is 0 Å². The van der Waals surface area contributed by atoms with Gasteiger partial charge in [0.2, 0.25) is 0 Å². The van der Waals surface area contributed by atoms with Gasteiger partial charge in [-0.25, -0.2) is 0 Å². The average molecular weight is 303 g/mol. The normalized spacial score (nSPS) is 15.4. The summed E-state index contributed by atoms with van der Waals surface area (Å²) in [6.07, 6.45) is 2.90. The van der Waals surface area contributed by atoms with Crippen molar-refractivity contribution in [3.8, 4) is 5.75 Å². The van der Waals surface area contributed by atoms with Crippen LogP contribution in [-0.2, 0) is 0 Å². The predicted molar refractivity (Wildman–Crippen MR) is 67.1 cm³/mol. The molecule has 1 aliphatic carbocycles. The van der Waals surface area contributed by atoms with Crippen molar-refractivity contribution in [3.63, 3.8) is 0 Å². The number of hydrogen-bond acceptors (Lipinski definition) is 2. The van der Waals surface area contributed by atoms with Crippen molar-refractivity contribution in [1.82, 2.24) is 0 Å². The fraction of sp³-hybridized carbons (Fsp3) is 0.455. The maximum atomic E-state index is 5.74. The van der Waals surface area contributed by atoms with Crippen molar-refractivity contribution in [2.24, 2.45) is 0 Å². The van der Waals surface area contributed by atoms with Gasteiger partial charge in [-0.1, -0.05) is 0 Å². The molecule has 2 rings (SSSR count). The Hall–Kier alpha value is -0.450. The summed E-state index contributed by atoms with van der Waals surface area (Å²) in [5.74, 6) is 0.997. The number of nitrogens with zero attached hydrogens (tertiary/aromatic N) is 1. The van der Waals surface area contributed by atoms with E-state index in [1.54, 1.807) is 0 Å². The number of halogens is 1. The van der Waals surface area contributed by atoms with Crippen molar-refractivity contribution < 1.29 is 4.74 Å². The number of anilines is 1. The largest absolute Gasteiger partial charge is 0.490 e. The van der Waals surface area contributed by atoms with E-state index >= 15 is 0 Å². The van der Waals surface area contributed by atoms with Crippen LogP contribution in [0.25, 0.3) is 0 Å². The summed E-state index contributed by atoms with van der Waals surface area (Å²) < 4.78 is 7.00. The van der Waals surface area contributed by atoms with Gasteiger partial charge in [0.1, 0.15) is 5.75 Å². The Kier molecular flexibility index (Phi) is 2.85. The maximum Gasteiger partial charge on any atom is 0.121 e. The van der Waals surface area contributed by atoms with E-state index in [0.29, 0.717) is 6.10 Å². The van der Waals surface area contributed by atoms with Crippen molar-refractivity contribution >= 4 is 28.3 Å². The monoisotopic (exact) mass is 303 g/mol. The molecule has 76 valence electrons. The first kappa shape index (κ1) is 10.1. The van der Waals surface area contributed by atoms with E-state index in [2.05, 4.69) is 53.7 Å². The second-order valence-electron chi connectivity index (χ2n) is 3.82. The Balaban J connectivity index is 2.20. The fourth-order valence-corrected chi connectivity index (χ4v) is 2.10. The number of hydrogen-bond donors (Lipinski definition) is 0. The zero-order valence-electron chi connectivity index (χ0n) is 8.46. The minimum atomic E-state index is 0.477. The zero-order valence-corrected chi connectivity index (χ0v) is 10.6. The van der Waals surface area contributed by atoms with Crippen molar-refractivity contribution in [1.29, 1.82) is 0 Å². The van der Waals surface area contributed by atoms with Gasteiger partial charge in [-0.3, -0.25) is 0 Å². The second kappa shape index (κ2) is 3.96. The van der Waals surface area contributed by atoms with E-state index in [1.165, 1.54) is 22.1 Å². The van der Waals surface area contributed by atoms with Gasteiger partial charge in [-0.15, -0.1) is 0 Å². The van der Waals surface area contributed by atoms with Crippen LogP contribution < -0.4 is 9.64 Å². The highest BCUT2D eigenvalue weighted by atomic mass is 127. The molecule has 2 nitrogen and oxygen atoms in total. The second-order valence-corrected chi connectivity index (χ2v) is 4.99. The molecule has 1 aliphatic rings. The zero-order chi connectivity index (χ0) is 10.1. The van der Waals surface area contributed by atoms with Crippen LogP contribution >= 0.6 is 22.6 Å². The lowest BCUT2D eigenvalue weighted by Gasteiger charge is -2.16. The van der Waals surface area contributed by atoms with Gasteiger partial charge >= 0.3 is 0 Å². The van der Waals surface area contributed by atoms with Crippen LogP contribution in [-0.4, -0.2) is 20.2 Å². The highest BCUT2D eigenvalue weighted by molar-refractivity contribution is 14.1. The van der Waals surface area contributed by atoms with E-state index in [1.807, 2.05) is 6.07 Å². The molecule has 0 aliphatic heterocycles. The molecule has 0 bridgehead atoms. The number of ether oxygens (including phenoxy) is 1. The summed E-state index contributed by atoms with van der Waals surface area (Å²) in [6.45, 7) is 0. The summed E-state index contributed by atoms with van der Waals surface area (Å²) in [4.78, 5) is 2.11. The van der Waals surface area contributed by atoms with Crippen LogP contribution in [0.1, 0.15) is 12.8 Å². The Morgan fingerprint density at radius 3 is 2.64 bits per heavy atom. The van der Waals surface area contributed by atoms with E-state index in [9.17, 15) is 0 Å². The summed E-state index contributed by atoms with van der Waals surface area (Å²) in [5.41, 5.74) is 1.23. The summed E-state index contributed by atoms with van der Waals surface area (Å²) >= 11 is 2.34. The molecular formula is C11H14INO. The third-order valence-electron chi connectivity index (χ3n) is 2.23. The molecule has 1 saturated carbocycles. The third kappa shape index (κ3) is 2.32. The summed E-state index contributed by atoms with van der Waals surface area (Å²) in [7, 11) is 4.11. The highest BCUT2D eigenvalue weighted by Crippen LogP contribution is 2.31. The highest BCUT2D eigenvalue weighted by Gasteiger charge is 2.23. The molecule has 3 heteroatoms. The molecule has 0 N–H and O–H groups in total. The minimum absolute atomic E-state index is 0.477. The SMILES string of the molecule is CN(C)c1cc(OC2CC2)ccc1I. The molecule has 1 aromatic carbocycles. The average Bonchev–Trinajstić information content (AvgIpc) is 2.92. The molecule has 0 atom stereocenters. The molecule has 1 aromatic rings. The fourth-order valence-electron chi connectivity index (χ4n) is 1.29. The molecule has 0 unspecified atom stereocenters. The molecule has 0 spiro atoms. The summed E-state index contributed by atoms with van der Waals surface area (Å²) in [6, 6.07) is 6.26. The van der Waals surface area contributed by atoms with E-state index in [4.69, 9.17) is 4.74 Å². The maximum absolute atomic E-state index is 5.74. The Labute approximate surface area is 98.4 Å². The third-order valence-corrected chi connectivity index (χ3v) is 3.14. The van der Waals surface area contributed by atoms with Gasteiger partial charge in [-0.05, 0) is 47.6 Å². The molecular weight excluding hydrogens is 289 g/mol. The van der Waals surface area contributed by atoms with Crippen molar-refractivity contribution in [2.45, 2.75) is 18.9 Å². The number of rotatable bonds is 3. The first-order valence-electron chi connectivity index (χ1n) is 4.80. The molecule has 0 saturated heterocycles. The van der Waals surface area contributed by atoms with Gasteiger partial charge in [0.05, 0.1) is 11.8 Å². The Morgan fingerprint density at radius 1 is 1.36 bits per heavy atom. The lowest BCUT2D eigenvalue weighted by Crippen LogP contribution is -2.10. The van der Waals surface area contributed by atoms with E-state index in [0.717, 1.165) is 5.75 Å². The van der Waals surface area contributed by atoms with Gasteiger partial charge in [0, 0.05) is 23.7 Å². The quantitative estimate of drug-likeness (QED) is 0.796. The molecule has 1 fully saturated rings. The van der Waals surface area contributed by atoms with Crippen LogP contribution in [0.15, 0.2) is 18.2 Å². The van der Waals surface area contributed by atoms with Gasteiger partial charge in [-0.2, -0.15) is 0 Å². The van der Waals surface area contributed by atoms with Gasteiger partial charge in [0.15, 0.2) is 0 Å². The Morgan fingerprint density at radius 2 is 2.07 bits per heavy atom. The van der Waals surface area contributed by atoms with Gasteiger partial charge in [0.25, 0.3) is 0 Å². The van der Waals surface area contributed by atoms with Crippen molar-refractivity contribution in [2.75, 3.05) is 19.0 Å². The van der Waals surface area contributed by atoms with Crippen LogP contribution in [0.3, 0.4) is 0 Å². The van der Waals surface area contributed by atoms with Crippen LogP contribution in [0.2, 0.25) is 0 Å². The molecule has 0 amide bonds. The molecule has 0 aromatic heterocycles. The lowest BCUT2D eigenvalue weighted by molar-refractivity contribution is 0.303. The minimum Gasteiger partial charge on any atom is -0.490 e. The summed E-state index contributed by atoms with van der Waals surface area (Å²) in [5, 5.41) is 0. The smallest absolute Gasteiger partial charge is 0.121 e. The first-order chi connectivity index (χ1) is 6.66. The number of benzene rings is 1. The Bertz CT molecular complexity index is 334. The van der Waals surface area contributed by atoms with Crippen LogP contribution in [0, 0.1) is 3.57 Å². The van der Waals surface area contributed by atoms with Crippen molar-refractivity contribution in [3.05, 3.63) is 21.8 Å². The van der Waals surface area contributed by atoms with E-state index < -0.39 is 0 Å². The molecule has 0 radical (unpaired) electrons. The molecule has 0 heterocycles. The predicted octanol–water partition coefficient (Wildman–Crippen LogP) is 2.90. The standard InChI is InChI=1S/C11H14INO/c1-13(2)11-7-9(5-6-10(11)12)14-8-3-4-8/h5-8H,3-4H2,1-2H3. The topological polar surface area (TPSA) is 12.5 Å².